The van der Waals surface area contributed by atoms with Crippen molar-refractivity contribution in [2.45, 2.75) is 0 Å². The van der Waals surface area contributed by atoms with Crippen LogP contribution in [0.1, 0.15) is 10.4 Å². The maximum atomic E-state index is 12.1. The third kappa shape index (κ3) is 3.84. The molecule has 3 nitrogen and oxygen atoms in total. The molecule has 0 aromatic heterocycles. The van der Waals surface area contributed by atoms with Crippen molar-refractivity contribution in [1.29, 1.82) is 0 Å². The van der Waals surface area contributed by atoms with Crippen LogP contribution in [0.5, 0.6) is 0 Å². The van der Waals surface area contributed by atoms with Gasteiger partial charge < -0.3 is 10.0 Å². The molecule has 0 bridgehead atoms. The van der Waals surface area contributed by atoms with Crippen LogP contribution in [-0.2, 0) is 0 Å². The highest BCUT2D eigenvalue weighted by molar-refractivity contribution is 9.10. The van der Waals surface area contributed by atoms with Crippen molar-refractivity contribution >= 4 is 33.4 Å². The monoisotopic (exact) mass is 317 g/mol. The number of carbonyl (C=O) groups excluding carboxylic acids is 1. The SMILES string of the molecule is C=CCN(CCO)C(=O)c1ccc(Br)c(Cl)c1. The number of nitrogens with zero attached hydrogens (tertiary/aromatic N) is 1. The number of hydrogen-bond acceptors (Lipinski definition) is 2. The first-order valence-corrected chi connectivity index (χ1v) is 6.23. The van der Waals surface area contributed by atoms with Crippen LogP contribution in [0, 0.1) is 0 Å². The summed E-state index contributed by atoms with van der Waals surface area (Å²) in [5, 5.41) is 9.38. The van der Waals surface area contributed by atoms with Gasteiger partial charge in [-0.3, -0.25) is 4.79 Å². The van der Waals surface area contributed by atoms with Gasteiger partial charge in [-0.05, 0) is 34.1 Å². The maximum absolute atomic E-state index is 12.1. The Hall–Kier alpha value is -0.840. The van der Waals surface area contributed by atoms with Gasteiger partial charge in [-0.2, -0.15) is 0 Å². The number of halogens is 2. The Kier molecular flexibility index (Phi) is 5.68. The number of rotatable bonds is 5. The molecule has 0 heterocycles. The number of benzene rings is 1. The van der Waals surface area contributed by atoms with E-state index >= 15 is 0 Å². The van der Waals surface area contributed by atoms with Gasteiger partial charge in [0.15, 0.2) is 0 Å². The Morgan fingerprint density at radius 1 is 1.59 bits per heavy atom. The van der Waals surface area contributed by atoms with Crippen molar-refractivity contribution in [3.8, 4) is 0 Å². The zero-order valence-corrected chi connectivity index (χ0v) is 11.5. The largest absolute Gasteiger partial charge is 0.395 e. The molecule has 5 heteroatoms. The summed E-state index contributed by atoms with van der Waals surface area (Å²) >= 11 is 9.19. The number of aliphatic hydroxyl groups excluding tert-OH is 1. The topological polar surface area (TPSA) is 40.5 Å². The van der Waals surface area contributed by atoms with E-state index < -0.39 is 0 Å². The fourth-order valence-electron chi connectivity index (χ4n) is 1.36. The van der Waals surface area contributed by atoms with Crippen LogP contribution in [0.4, 0.5) is 0 Å². The lowest BCUT2D eigenvalue weighted by Gasteiger charge is -2.20. The summed E-state index contributed by atoms with van der Waals surface area (Å²) in [7, 11) is 0. The van der Waals surface area contributed by atoms with E-state index in [1.807, 2.05) is 0 Å². The molecule has 0 radical (unpaired) electrons. The van der Waals surface area contributed by atoms with Gasteiger partial charge in [0.25, 0.3) is 5.91 Å². The molecule has 1 N–H and O–H groups in total. The molecule has 0 spiro atoms. The quantitative estimate of drug-likeness (QED) is 0.848. The minimum atomic E-state index is -0.173. The molecule has 0 unspecified atom stereocenters. The first-order chi connectivity index (χ1) is 8.10. The lowest BCUT2D eigenvalue weighted by molar-refractivity contribution is 0.0743. The summed E-state index contributed by atoms with van der Waals surface area (Å²) in [6.45, 7) is 4.17. The van der Waals surface area contributed by atoms with Crippen molar-refractivity contribution in [2.24, 2.45) is 0 Å². The van der Waals surface area contributed by atoms with E-state index in [0.29, 0.717) is 17.1 Å². The molecule has 1 aromatic carbocycles. The third-order valence-electron chi connectivity index (χ3n) is 2.17. The number of amides is 1. The zero-order chi connectivity index (χ0) is 12.8. The van der Waals surface area contributed by atoms with Crippen LogP contribution in [-0.4, -0.2) is 35.6 Å². The Bertz CT molecular complexity index is 423. The van der Waals surface area contributed by atoms with Gasteiger partial charge in [-0.1, -0.05) is 17.7 Å². The predicted molar refractivity (Wildman–Crippen MR) is 72.3 cm³/mol. The van der Waals surface area contributed by atoms with Crippen LogP contribution >= 0.6 is 27.5 Å². The molecule has 1 amide bonds. The zero-order valence-electron chi connectivity index (χ0n) is 9.20. The minimum Gasteiger partial charge on any atom is -0.395 e. The Balaban J connectivity index is 2.92. The second kappa shape index (κ2) is 6.79. The molecule has 0 atom stereocenters. The Labute approximate surface area is 114 Å². The molecule has 0 fully saturated rings. The van der Waals surface area contributed by atoms with Crippen molar-refractivity contribution in [1.82, 2.24) is 4.90 Å². The molecule has 0 saturated carbocycles. The van der Waals surface area contributed by atoms with Gasteiger partial charge in [0.1, 0.15) is 0 Å². The highest BCUT2D eigenvalue weighted by atomic mass is 79.9. The van der Waals surface area contributed by atoms with Crippen molar-refractivity contribution in [2.75, 3.05) is 19.7 Å². The molecule has 1 aromatic rings. The molecule has 0 aliphatic heterocycles. The molecule has 1 rings (SSSR count). The first-order valence-electron chi connectivity index (χ1n) is 5.06. The van der Waals surface area contributed by atoms with Gasteiger partial charge in [0, 0.05) is 23.1 Å². The molecule has 92 valence electrons. The van der Waals surface area contributed by atoms with Gasteiger partial charge in [0.05, 0.1) is 11.6 Å². The van der Waals surface area contributed by atoms with E-state index in [1.165, 1.54) is 4.90 Å². The number of carbonyl (C=O) groups is 1. The summed E-state index contributed by atoms with van der Waals surface area (Å²) < 4.78 is 0.744. The fraction of sp³-hybridized carbons (Fsp3) is 0.250. The lowest BCUT2D eigenvalue weighted by atomic mass is 10.2. The molecular weight excluding hydrogens is 305 g/mol. The Morgan fingerprint density at radius 2 is 2.29 bits per heavy atom. The van der Waals surface area contributed by atoms with Crippen LogP contribution in [0.3, 0.4) is 0 Å². The minimum absolute atomic E-state index is 0.0795. The molecule has 0 saturated heterocycles. The van der Waals surface area contributed by atoms with Crippen molar-refractivity contribution < 1.29 is 9.90 Å². The van der Waals surface area contributed by atoms with E-state index in [4.69, 9.17) is 16.7 Å². The van der Waals surface area contributed by atoms with E-state index in [1.54, 1.807) is 24.3 Å². The normalized spacial score (nSPS) is 10.1. The van der Waals surface area contributed by atoms with E-state index in [-0.39, 0.29) is 19.1 Å². The standard InChI is InChI=1S/C12H13BrClNO2/c1-2-5-15(6-7-16)12(17)9-3-4-10(13)11(14)8-9/h2-4,8,16H,1,5-7H2. The average molecular weight is 319 g/mol. The summed E-state index contributed by atoms with van der Waals surface area (Å²) in [4.78, 5) is 13.6. The molecule has 17 heavy (non-hydrogen) atoms. The van der Waals surface area contributed by atoms with E-state index in [9.17, 15) is 4.79 Å². The van der Waals surface area contributed by atoms with Crippen LogP contribution in [0.15, 0.2) is 35.3 Å². The summed E-state index contributed by atoms with van der Waals surface area (Å²) in [6.07, 6.45) is 1.62. The van der Waals surface area contributed by atoms with Crippen LogP contribution < -0.4 is 0 Å². The molecular formula is C12H13BrClNO2. The van der Waals surface area contributed by atoms with Gasteiger partial charge in [0.2, 0.25) is 0 Å². The predicted octanol–water partition coefficient (Wildman–Crippen LogP) is 2.72. The smallest absolute Gasteiger partial charge is 0.254 e. The third-order valence-corrected chi connectivity index (χ3v) is 3.41. The van der Waals surface area contributed by atoms with Gasteiger partial charge >= 0.3 is 0 Å². The van der Waals surface area contributed by atoms with E-state index in [0.717, 1.165) is 4.47 Å². The highest BCUT2D eigenvalue weighted by Gasteiger charge is 2.14. The second-order valence-corrected chi connectivity index (χ2v) is 4.65. The summed E-state index contributed by atoms with van der Waals surface area (Å²) in [5.74, 6) is -0.173. The first kappa shape index (κ1) is 14.2. The Morgan fingerprint density at radius 3 is 2.82 bits per heavy atom. The fourth-order valence-corrected chi connectivity index (χ4v) is 1.79. The van der Waals surface area contributed by atoms with E-state index in [2.05, 4.69) is 22.5 Å². The van der Waals surface area contributed by atoms with Crippen LogP contribution in [0.25, 0.3) is 0 Å². The maximum Gasteiger partial charge on any atom is 0.254 e. The van der Waals surface area contributed by atoms with Crippen molar-refractivity contribution in [3.63, 3.8) is 0 Å². The van der Waals surface area contributed by atoms with Gasteiger partial charge in [-0.15, -0.1) is 6.58 Å². The molecule has 0 aliphatic carbocycles. The van der Waals surface area contributed by atoms with Crippen LogP contribution in [0.2, 0.25) is 5.02 Å². The summed E-state index contributed by atoms with van der Waals surface area (Å²) in [5.41, 5.74) is 0.494. The number of hydrogen-bond donors (Lipinski definition) is 1. The summed E-state index contributed by atoms with van der Waals surface area (Å²) in [6, 6.07) is 5.01. The highest BCUT2D eigenvalue weighted by Crippen LogP contribution is 2.23. The molecule has 0 aliphatic rings. The van der Waals surface area contributed by atoms with Gasteiger partial charge in [-0.25, -0.2) is 0 Å². The average Bonchev–Trinajstić information content (AvgIpc) is 2.31. The lowest BCUT2D eigenvalue weighted by Crippen LogP contribution is -2.33. The second-order valence-electron chi connectivity index (χ2n) is 3.39. The van der Waals surface area contributed by atoms with Crippen molar-refractivity contribution in [3.05, 3.63) is 45.9 Å². The number of aliphatic hydroxyl groups is 1.